The number of methoxy groups -OCH3 is 1. The van der Waals surface area contributed by atoms with E-state index in [1.165, 1.54) is 30.4 Å². The van der Waals surface area contributed by atoms with Gasteiger partial charge >= 0.3 is 14.0 Å². The number of carbonyl (C=O) groups is 3. The highest BCUT2D eigenvalue weighted by molar-refractivity contribution is 7.46. The van der Waals surface area contributed by atoms with Gasteiger partial charge in [-0.15, -0.1) is 0 Å². The number of nitrogens with one attached hydrogen (secondary N) is 1. The zero-order chi connectivity index (χ0) is 36.9. The molecule has 1 aromatic carbocycles. The summed E-state index contributed by atoms with van der Waals surface area (Å²) in [6.45, 7) is 4.56. The monoisotopic (exact) mass is 730 g/mol. The molecule has 274 valence electrons. The van der Waals surface area contributed by atoms with Gasteiger partial charge in [0.05, 0.1) is 13.2 Å². The molecule has 0 saturated carbocycles. The molecule has 2 aromatic rings. The van der Waals surface area contributed by atoms with E-state index in [2.05, 4.69) is 15.0 Å². The Bertz CT molecular complexity index is 1750. The number of phosphoric acid groups is 1. The molecule has 2 aliphatic rings. The van der Waals surface area contributed by atoms with Gasteiger partial charge < -0.3 is 48.4 Å². The van der Waals surface area contributed by atoms with Gasteiger partial charge in [0, 0.05) is 43.9 Å². The third-order valence-electron chi connectivity index (χ3n) is 8.16. The average Bonchev–Trinajstić information content (AvgIpc) is 3.18. The second-order valence-electron chi connectivity index (χ2n) is 11.6. The lowest BCUT2D eigenvalue weighted by molar-refractivity contribution is -0.0403. The molecule has 3 heterocycles. The first-order valence-electron chi connectivity index (χ1n) is 15.3. The van der Waals surface area contributed by atoms with Crippen LogP contribution in [0.25, 0.3) is 0 Å². The number of halogens is 2. The van der Waals surface area contributed by atoms with Crippen LogP contribution in [0, 0.1) is 11.6 Å². The van der Waals surface area contributed by atoms with E-state index in [0.717, 1.165) is 18.3 Å². The van der Waals surface area contributed by atoms with Crippen molar-refractivity contribution in [1.29, 1.82) is 0 Å². The number of nitrogens with zero attached hydrogens (tertiary/aromatic N) is 3. The Morgan fingerprint density at radius 3 is 2.54 bits per heavy atom. The predicted molar refractivity (Wildman–Crippen MR) is 167 cm³/mol. The lowest BCUT2D eigenvalue weighted by atomic mass is 10.0. The summed E-state index contributed by atoms with van der Waals surface area (Å²) in [5, 5.41) is 6.40. The minimum absolute atomic E-state index is 0.0700. The summed E-state index contributed by atoms with van der Waals surface area (Å²) in [7, 11) is -3.49. The van der Waals surface area contributed by atoms with E-state index in [1.54, 1.807) is 6.92 Å². The van der Waals surface area contributed by atoms with Crippen LogP contribution in [-0.2, 0) is 34.7 Å². The number of phosphoric ester groups is 1. The Hall–Kier alpha value is -4.58. The zero-order valence-corrected chi connectivity index (χ0v) is 28.6. The van der Waals surface area contributed by atoms with Crippen LogP contribution >= 0.6 is 7.82 Å². The van der Waals surface area contributed by atoms with Crippen molar-refractivity contribution in [2.24, 2.45) is 5.16 Å². The first kappa shape index (κ1) is 38.2. The van der Waals surface area contributed by atoms with Crippen molar-refractivity contribution < 1.29 is 65.8 Å². The lowest BCUT2D eigenvalue weighted by Crippen LogP contribution is -2.49. The molecule has 0 spiro atoms. The number of hydrogen-bond donors (Lipinski definition) is 3. The maximum Gasteiger partial charge on any atom is 0.511 e. The van der Waals surface area contributed by atoms with Gasteiger partial charge in [0.1, 0.15) is 35.5 Å². The molecule has 2 amide bonds. The van der Waals surface area contributed by atoms with E-state index in [-0.39, 0.29) is 29.7 Å². The van der Waals surface area contributed by atoms with Gasteiger partial charge in [0.2, 0.25) is 23.9 Å². The van der Waals surface area contributed by atoms with Crippen molar-refractivity contribution in [3.63, 3.8) is 0 Å². The number of amides is 2. The van der Waals surface area contributed by atoms with Crippen LogP contribution in [-0.4, -0.2) is 87.9 Å². The Kier molecular flexibility index (Phi) is 12.2. The fourth-order valence-corrected chi connectivity index (χ4v) is 5.88. The number of pyridine rings is 1. The topological polar surface area (TPSA) is 214 Å². The number of ether oxygens (including phenoxy) is 4. The predicted octanol–water partition coefficient (Wildman–Crippen LogP) is 2.98. The van der Waals surface area contributed by atoms with Crippen molar-refractivity contribution in [2.45, 2.75) is 77.5 Å². The Labute approximate surface area is 284 Å². The molecule has 4 rings (SSSR count). The van der Waals surface area contributed by atoms with E-state index in [0.29, 0.717) is 18.9 Å². The summed E-state index contributed by atoms with van der Waals surface area (Å²) in [6, 6.07) is 1.73. The molecule has 17 nitrogen and oxygen atoms in total. The maximum atomic E-state index is 14.3. The Balaban J connectivity index is 1.69. The summed E-state index contributed by atoms with van der Waals surface area (Å²) >= 11 is 0. The van der Waals surface area contributed by atoms with E-state index in [1.807, 2.05) is 6.92 Å². The van der Waals surface area contributed by atoms with Gasteiger partial charge in [0.25, 0.3) is 11.8 Å². The number of carbonyl (C=O) groups excluding carboxylic acids is 3. The number of rotatable bonds is 12. The van der Waals surface area contributed by atoms with Crippen LogP contribution in [0.5, 0.6) is 5.75 Å². The summed E-state index contributed by atoms with van der Waals surface area (Å²) in [5.41, 5.74) is -1.95. The molecule has 0 radical (unpaired) electrons. The molecule has 50 heavy (non-hydrogen) atoms. The smallest absolute Gasteiger partial charge is 0.482 e. The number of hydrogen-bond acceptors (Lipinski definition) is 12. The van der Waals surface area contributed by atoms with Crippen molar-refractivity contribution >= 4 is 31.7 Å². The highest BCUT2D eigenvalue weighted by atomic mass is 31.2. The van der Waals surface area contributed by atoms with Gasteiger partial charge in [-0.1, -0.05) is 11.2 Å². The number of fused-ring (bicyclic) bond motifs is 4. The first-order valence-corrected chi connectivity index (χ1v) is 16.8. The van der Waals surface area contributed by atoms with Crippen LogP contribution in [0.4, 0.5) is 13.6 Å². The van der Waals surface area contributed by atoms with E-state index >= 15 is 0 Å². The molecule has 2 aliphatic heterocycles. The van der Waals surface area contributed by atoms with Crippen LogP contribution in [0.15, 0.2) is 34.3 Å². The first-order chi connectivity index (χ1) is 23.5. The quantitative estimate of drug-likeness (QED) is 0.0717. The van der Waals surface area contributed by atoms with Crippen molar-refractivity contribution in [3.05, 3.63) is 63.1 Å². The largest absolute Gasteiger partial charge is 0.511 e. The minimum Gasteiger partial charge on any atom is -0.482 e. The molecule has 1 unspecified atom stereocenters. The van der Waals surface area contributed by atoms with E-state index < -0.39 is 91.9 Å². The summed E-state index contributed by atoms with van der Waals surface area (Å²) in [5.74, 6) is -3.82. The maximum absolute atomic E-state index is 14.3. The van der Waals surface area contributed by atoms with Gasteiger partial charge in [-0.2, -0.15) is 0 Å². The number of benzene rings is 1. The SMILES string of the molecule is CO/C(C)=N/O[C@@H]1CC[C@H](C)N2CC1n1cc(C(=O)NCc3ccc(F)cc3F)c(=O)c(OCOC(=O)O[C@@H](C)[C@H](C)OP(=O)(O)O)c1C2=O. The molecule has 20 heteroatoms. The Morgan fingerprint density at radius 1 is 1.16 bits per heavy atom. The molecule has 1 saturated heterocycles. The molecule has 1 aromatic heterocycles. The van der Waals surface area contributed by atoms with Gasteiger partial charge in [-0.25, -0.2) is 18.1 Å². The molecule has 1 fully saturated rings. The standard InChI is InChI=1S/C30H37F2N4O13P/c1-15-6-9-24(48-34-18(4)44-5)23-13-35(15)29(39)25-27(45-14-46-30(40)47-16(2)17(3)49-50(41,42)43)26(37)21(12-36(23)25)28(38)33-11-19-7-8-20(31)10-22(19)32/h7-8,10,12,15-17,23-24H,6,9,11,13-14H2,1-5H3,(H,33,38)(H2,41,42,43)/b34-18+/t15-,16-,17-,23?,24+/m0/s1. The fraction of sp³-hybridized carbons (Fsp3) is 0.500. The molecule has 5 atom stereocenters. The summed E-state index contributed by atoms with van der Waals surface area (Å²) in [4.78, 5) is 78.8. The third-order valence-corrected chi connectivity index (χ3v) is 8.77. The second kappa shape index (κ2) is 16.0. The van der Waals surface area contributed by atoms with Gasteiger partial charge in [-0.3, -0.25) is 18.9 Å². The zero-order valence-electron chi connectivity index (χ0n) is 27.7. The molecule has 0 aliphatic carbocycles. The van der Waals surface area contributed by atoms with Gasteiger partial charge in [0.15, 0.2) is 5.69 Å². The van der Waals surface area contributed by atoms with Gasteiger partial charge in [-0.05, 0) is 39.7 Å². The highest BCUT2D eigenvalue weighted by Crippen LogP contribution is 2.39. The van der Waals surface area contributed by atoms with Crippen LogP contribution in [0.3, 0.4) is 0 Å². The number of aromatic nitrogens is 1. The van der Waals surface area contributed by atoms with Crippen LogP contribution in [0.2, 0.25) is 0 Å². The van der Waals surface area contributed by atoms with E-state index in [9.17, 15) is 32.5 Å². The molecule has 3 N–H and O–H groups in total. The Morgan fingerprint density at radius 2 is 1.88 bits per heavy atom. The molecular formula is C30H37F2N4O13P. The summed E-state index contributed by atoms with van der Waals surface area (Å²) < 4.78 is 65.1. The highest BCUT2D eigenvalue weighted by Gasteiger charge is 2.44. The fourth-order valence-electron chi connectivity index (χ4n) is 5.27. The van der Waals surface area contributed by atoms with Crippen molar-refractivity contribution in [2.75, 3.05) is 20.4 Å². The normalized spacial score (nSPS) is 20.2. The van der Waals surface area contributed by atoms with Crippen LogP contribution in [0.1, 0.15) is 73.0 Å². The molecule has 2 bridgehead atoms. The minimum atomic E-state index is -4.89. The molecular weight excluding hydrogens is 693 g/mol. The average molecular weight is 731 g/mol. The summed E-state index contributed by atoms with van der Waals surface area (Å²) in [6.07, 6.45) is -2.48. The van der Waals surface area contributed by atoms with Crippen LogP contribution < -0.4 is 15.5 Å². The number of oxime groups is 1. The van der Waals surface area contributed by atoms with Crippen molar-refractivity contribution in [3.8, 4) is 5.75 Å². The van der Waals surface area contributed by atoms with E-state index in [4.69, 9.17) is 33.6 Å². The van der Waals surface area contributed by atoms with Crippen molar-refractivity contribution in [1.82, 2.24) is 14.8 Å². The lowest BCUT2D eigenvalue weighted by Gasteiger charge is -2.38. The third kappa shape index (κ3) is 9.15. The second-order valence-corrected chi connectivity index (χ2v) is 12.8.